The van der Waals surface area contributed by atoms with Crippen molar-refractivity contribution in [3.05, 3.63) is 36.4 Å². The van der Waals surface area contributed by atoms with Gasteiger partial charge in [-0.1, -0.05) is 0 Å². The van der Waals surface area contributed by atoms with Crippen LogP contribution in [0.2, 0.25) is 0 Å². The second-order valence-corrected chi connectivity index (χ2v) is 3.70. The van der Waals surface area contributed by atoms with Crippen LogP contribution in [-0.2, 0) is 6.42 Å². The minimum Gasteiger partial charge on any atom is -0.324 e. The summed E-state index contributed by atoms with van der Waals surface area (Å²) in [6.07, 6.45) is 10.4. The van der Waals surface area contributed by atoms with E-state index in [1.54, 1.807) is 12.4 Å². The summed E-state index contributed by atoms with van der Waals surface area (Å²) in [5.74, 6) is 0.788. The van der Waals surface area contributed by atoms with Crippen molar-refractivity contribution in [2.45, 2.75) is 25.3 Å². The standard InChI is InChI=1S/C10H11N5/c1-2-8-6-11-7-15(8)9(3-1)10-12-4-5-13-14-10/h4-7,9H,1-3H2. The number of rotatable bonds is 1. The molecule has 1 unspecified atom stereocenters. The van der Waals surface area contributed by atoms with E-state index in [1.807, 2.05) is 12.5 Å². The molecule has 2 aromatic heterocycles. The van der Waals surface area contributed by atoms with Gasteiger partial charge in [0.05, 0.1) is 18.6 Å². The van der Waals surface area contributed by atoms with Crippen molar-refractivity contribution >= 4 is 0 Å². The lowest BCUT2D eigenvalue weighted by Gasteiger charge is -2.23. The molecular formula is C10H11N5. The lowest BCUT2D eigenvalue weighted by Crippen LogP contribution is -2.20. The van der Waals surface area contributed by atoms with Gasteiger partial charge in [-0.3, -0.25) is 0 Å². The zero-order valence-corrected chi connectivity index (χ0v) is 8.24. The van der Waals surface area contributed by atoms with E-state index < -0.39 is 0 Å². The Bertz CT molecular complexity index is 450. The first-order valence-corrected chi connectivity index (χ1v) is 5.09. The summed E-state index contributed by atoms with van der Waals surface area (Å²) >= 11 is 0. The second kappa shape index (κ2) is 3.42. The molecule has 2 aromatic rings. The van der Waals surface area contributed by atoms with E-state index in [2.05, 4.69) is 24.7 Å². The highest BCUT2D eigenvalue weighted by Gasteiger charge is 2.22. The van der Waals surface area contributed by atoms with Crippen molar-refractivity contribution in [2.75, 3.05) is 0 Å². The molecule has 0 fully saturated rings. The van der Waals surface area contributed by atoms with Crippen molar-refractivity contribution in [3.8, 4) is 0 Å². The van der Waals surface area contributed by atoms with E-state index in [1.165, 1.54) is 5.69 Å². The van der Waals surface area contributed by atoms with E-state index in [0.29, 0.717) is 0 Å². The number of imidazole rings is 1. The predicted octanol–water partition coefficient (Wildman–Crippen LogP) is 0.994. The van der Waals surface area contributed by atoms with E-state index in [9.17, 15) is 0 Å². The molecule has 3 rings (SSSR count). The molecule has 3 heterocycles. The molecule has 5 heteroatoms. The Labute approximate surface area is 87.2 Å². The highest BCUT2D eigenvalue weighted by molar-refractivity contribution is 5.09. The number of aryl methyl sites for hydroxylation is 1. The topological polar surface area (TPSA) is 56.5 Å². The number of hydrogen-bond acceptors (Lipinski definition) is 4. The average molecular weight is 201 g/mol. The zero-order chi connectivity index (χ0) is 10.1. The number of fused-ring (bicyclic) bond motifs is 1. The summed E-state index contributed by atoms with van der Waals surface area (Å²) in [4.78, 5) is 8.43. The third-order valence-electron chi connectivity index (χ3n) is 2.79. The quantitative estimate of drug-likeness (QED) is 0.690. The van der Waals surface area contributed by atoms with Gasteiger partial charge < -0.3 is 4.57 Å². The summed E-state index contributed by atoms with van der Waals surface area (Å²) in [5.41, 5.74) is 1.26. The van der Waals surface area contributed by atoms with Gasteiger partial charge in [0.1, 0.15) is 0 Å². The molecule has 0 amide bonds. The van der Waals surface area contributed by atoms with Crippen LogP contribution in [0.25, 0.3) is 0 Å². The van der Waals surface area contributed by atoms with E-state index in [0.717, 1.165) is 25.1 Å². The lowest BCUT2D eigenvalue weighted by molar-refractivity contribution is 0.434. The molecule has 1 aliphatic rings. The van der Waals surface area contributed by atoms with Gasteiger partial charge >= 0.3 is 0 Å². The average Bonchev–Trinajstić information content (AvgIpc) is 2.78. The SMILES string of the molecule is c1cnc(C2CCCc3cncn32)nn1. The largest absolute Gasteiger partial charge is 0.324 e. The Hall–Kier alpha value is -1.78. The molecule has 76 valence electrons. The Morgan fingerprint density at radius 1 is 1.33 bits per heavy atom. The predicted molar refractivity (Wildman–Crippen MR) is 53.1 cm³/mol. The smallest absolute Gasteiger partial charge is 0.173 e. The maximum Gasteiger partial charge on any atom is 0.173 e. The first-order valence-electron chi connectivity index (χ1n) is 5.09. The Morgan fingerprint density at radius 2 is 2.33 bits per heavy atom. The Morgan fingerprint density at radius 3 is 3.20 bits per heavy atom. The highest BCUT2D eigenvalue weighted by atomic mass is 15.2. The van der Waals surface area contributed by atoms with Crippen LogP contribution in [-0.4, -0.2) is 24.7 Å². The fraction of sp³-hybridized carbons (Fsp3) is 0.400. The third-order valence-corrected chi connectivity index (χ3v) is 2.79. The van der Waals surface area contributed by atoms with Crippen LogP contribution < -0.4 is 0 Å². The van der Waals surface area contributed by atoms with E-state index in [4.69, 9.17) is 0 Å². The molecule has 1 atom stereocenters. The minimum absolute atomic E-state index is 0.213. The van der Waals surface area contributed by atoms with Crippen LogP contribution in [0.1, 0.15) is 30.4 Å². The summed E-state index contributed by atoms with van der Waals surface area (Å²) in [6.45, 7) is 0. The fourth-order valence-electron chi connectivity index (χ4n) is 2.09. The van der Waals surface area contributed by atoms with Crippen molar-refractivity contribution in [3.63, 3.8) is 0 Å². The van der Waals surface area contributed by atoms with Crippen LogP contribution in [0.15, 0.2) is 24.9 Å². The lowest BCUT2D eigenvalue weighted by atomic mass is 10.0. The molecule has 15 heavy (non-hydrogen) atoms. The molecule has 5 nitrogen and oxygen atoms in total. The highest BCUT2D eigenvalue weighted by Crippen LogP contribution is 2.27. The van der Waals surface area contributed by atoms with Crippen molar-refractivity contribution in [1.29, 1.82) is 0 Å². The fourth-order valence-corrected chi connectivity index (χ4v) is 2.09. The van der Waals surface area contributed by atoms with Gasteiger partial charge in [0.2, 0.25) is 0 Å². The summed E-state index contributed by atoms with van der Waals surface area (Å²) in [5, 5.41) is 7.94. The van der Waals surface area contributed by atoms with Crippen LogP contribution in [0.3, 0.4) is 0 Å². The van der Waals surface area contributed by atoms with Crippen LogP contribution in [0, 0.1) is 0 Å². The Balaban J connectivity index is 2.03. The van der Waals surface area contributed by atoms with E-state index in [-0.39, 0.29) is 6.04 Å². The van der Waals surface area contributed by atoms with Gasteiger partial charge in [-0.15, -0.1) is 5.10 Å². The van der Waals surface area contributed by atoms with Crippen molar-refractivity contribution in [2.24, 2.45) is 0 Å². The first-order chi connectivity index (χ1) is 7.45. The van der Waals surface area contributed by atoms with Crippen LogP contribution in [0.4, 0.5) is 0 Å². The first kappa shape index (κ1) is 8.52. The maximum atomic E-state index is 4.26. The van der Waals surface area contributed by atoms with Gasteiger partial charge in [-0.25, -0.2) is 9.97 Å². The number of nitrogens with zero attached hydrogens (tertiary/aromatic N) is 5. The van der Waals surface area contributed by atoms with Crippen molar-refractivity contribution < 1.29 is 0 Å². The monoisotopic (exact) mass is 201 g/mol. The van der Waals surface area contributed by atoms with Gasteiger partial charge in [0.15, 0.2) is 5.82 Å². The van der Waals surface area contributed by atoms with Gasteiger partial charge in [-0.2, -0.15) is 5.10 Å². The summed E-state index contributed by atoms with van der Waals surface area (Å²) in [7, 11) is 0. The summed E-state index contributed by atoms with van der Waals surface area (Å²) < 4.78 is 2.15. The Kier molecular flexibility index (Phi) is 1.94. The number of hydrogen-bond donors (Lipinski definition) is 0. The molecule has 0 aliphatic carbocycles. The second-order valence-electron chi connectivity index (χ2n) is 3.70. The molecule has 0 aromatic carbocycles. The van der Waals surface area contributed by atoms with Gasteiger partial charge in [0, 0.05) is 18.1 Å². The molecular weight excluding hydrogens is 190 g/mol. The van der Waals surface area contributed by atoms with Crippen LogP contribution >= 0.6 is 0 Å². The minimum atomic E-state index is 0.213. The maximum absolute atomic E-state index is 4.26. The molecule has 0 saturated carbocycles. The van der Waals surface area contributed by atoms with Gasteiger partial charge in [0.25, 0.3) is 0 Å². The van der Waals surface area contributed by atoms with Gasteiger partial charge in [-0.05, 0) is 19.3 Å². The molecule has 1 aliphatic heterocycles. The number of aromatic nitrogens is 5. The zero-order valence-electron chi connectivity index (χ0n) is 8.24. The van der Waals surface area contributed by atoms with Crippen LogP contribution in [0.5, 0.6) is 0 Å². The van der Waals surface area contributed by atoms with E-state index >= 15 is 0 Å². The molecule has 0 radical (unpaired) electrons. The normalized spacial score (nSPS) is 19.9. The molecule has 0 N–H and O–H groups in total. The molecule has 0 spiro atoms. The molecule has 0 bridgehead atoms. The summed E-state index contributed by atoms with van der Waals surface area (Å²) in [6, 6.07) is 0.213. The van der Waals surface area contributed by atoms with Crippen molar-refractivity contribution in [1.82, 2.24) is 24.7 Å². The third kappa shape index (κ3) is 1.40. The molecule has 0 saturated heterocycles.